The molecule has 0 N–H and O–H groups in total. The van der Waals surface area contributed by atoms with Gasteiger partial charge >= 0.3 is 5.97 Å². The summed E-state index contributed by atoms with van der Waals surface area (Å²) in [5.41, 5.74) is -0.817. The average Bonchev–Trinajstić information content (AvgIpc) is 2.65. The minimum absolute atomic E-state index is 0.0434. The van der Waals surface area contributed by atoms with E-state index in [1.165, 1.54) is 7.11 Å². The van der Waals surface area contributed by atoms with E-state index in [0.717, 1.165) is 12.8 Å². The molecule has 1 fully saturated rings. The molecule has 0 spiro atoms. The molecule has 80 valence electrons. The Bertz CT molecular complexity index is 237. The molecular formula is C11H18O3. The Morgan fingerprint density at radius 2 is 1.71 bits per heavy atom. The molecule has 1 aliphatic carbocycles. The quantitative estimate of drug-likeness (QED) is 0.514. The number of hydrogen-bond acceptors (Lipinski definition) is 3. The molecule has 1 saturated carbocycles. The van der Waals surface area contributed by atoms with Crippen LogP contribution in [0, 0.1) is 11.3 Å². The van der Waals surface area contributed by atoms with E-state index in [0.29, 0.717) is 12.8 Å². The Morgan fingerprint density at radius 1 is 1.21 bits per heavy atom. The van der Waals surface area contributed by atoms with Gasteiger partial charge in [0, 0.05) is 5.92 Å². The monoisotopic (exact) mass is 198 g/mol. The van der Waals surface area contributed by atoms with Gasteiger partial charge in [0.1, 0.15) is 5.41 Å². The number of methoxy groups -OCH3 is 1. The number of ether oxygens (including phenoxy) is 1. The highest BCUT2D eigenvalue weighted by Crippen LogP contribution is 2.41. The van der Waals surface area contributed by atoms with Crippen LogP contribution in [-0.4, -0.2) is 18.9 Å². The number of hydrogen-bond donors (Lipinski definition) is 0. The Balaban J connectivity index is 2.92. The molecular weight excluding hydrogens is 180 g/mol. The molecule has 0 heterocycles. The van der Waals surface area contributed by atoms with E-state index in [1.54, 1.807) is 0 Å². The molecule has 0 amide bonds. The number of esters is 1. The van der Waals surface area contributed by atoms with Gasteiger partial charge in [-0.15, -0.1) is 0 Å². The van der Waals surface area contributed by atoms with Crippen LogP contribution in [0.15, 0.2) is 0 Å². The second kappa shape index (κ2) is 4.11. The second-order valence-electron chi connectivity index (χ2n) is 4.30. The van der Waals surface area contributed by atoms with Crippen LogP contribution in [0.4, 0.5) is 0 Å². The van der Waals surface area contributed by atoms with Gasteiger partial charge in [-0.1, -0.05) is 26.7 Å². The van der Waals surface area contributed by atoms with Gasteiger partial charge in [0.05, 0.1) is 7.11 Å². The van der Waals surface area contributed by atoms with Gasteiger partial charge in [-0.2, -0.15) is 0 Å². The van der Waals surface area contributed by atoms with Crippen LogP contribution in [-0.2, 0) is 14.3 Å². The summed E-state index contributed by atoms with van der Waals surface area (Å²) in [6.45, 7) is 3.68. The summed E-state index contributed by atoms with van der Waals surface area (Å²) >= 11 is 0. The van der Waals surface area contributed by atoms with Gasteiger partial charge in [-0.3, -0.25) is 9.59 Å². The molecule has 1 rings (SSSR count). The van der Waals surface area contributed by atoms with E-state index in [9.17, 15) is 9.59 Å². The summed E-state index contributed by atoms with van der Waals surface area (Å²) in [4.78, 5) is 23.6. The Kier molecular flexibility index (Phi) is 3.29. The summed E-state index contributed by atoms with van der Waals surface area (Å²) in [6, 6.07) is 0. The van der Waals surface area contributed by atoms with Crippen molar-refractivity contribution in [1.29, 1.82) is 0 Å². The fraction of sp³-hybridized carbons (Fsp3) is 0.818. The standard InChI is InChI=1S/C11H18O3/c1-8(2)9(12)11(10(13)14-3)6-4-5-7-11/h8H,4-7H2,1-3H3. The number of ketones is 1. The lowest BCUT2D eigenvalue weighted by Gasteiger charge is -2.25. The molecule has 0 radical (unpaired) electrons. The summed E-state index contributed by atoms with van der Waals surface area (Å²) in [7, 11) is 1.36. The topological polar surface area (TPSA) is 43.4 Å². The van der Waals surface area contributed by atoms with Crippen molar-refractivity contribution in [2.45, 2.75) is 39.5 Å². The number of rotatable bonds is 3. The SMILES string of the molecule is COC(=O)C1(C(=O)C(C)C)CCCC1. The molecule has 3 nitrogen and oxygen atoms in total. The summed E-state index contributed by atoms with van der Waals surface area (Å²) < 4.78 is 4.75. The predicted octanol–water partition coefficient (Wildman–Crippen LogP) is 1.94. The highest BCUT2D eigenvalue weighted by molar-refractivity contribution is 6.04. The maximum absolute atomic E-state index is 12.0. The molecule has 0 atom stereocenters. The molecule has 0 bridgehead atoms. The van der Waals surface area contributed by atoms with Crippen molar-refractivity contribution in [3.05, 3.63) is 0 Å². The van der Waals surface area contributed by atoms with Crippen LogP contribution in [0.5, 0.6) is 0 Å². The lowest BCUT2D eigenvalue weighted by atomic mass is 9.77. The molecule has 14 heavy (non-hydrogen) atoms. The fourth-order valence-electron chi connectivity index (χ4n) is 2.28. The van der Waals surface area contributed by atoms with Crippen molar-refractivity contribution in [3.63, 3.8) is 0 Å². The first-order valence-corrected chi connectivity index (χ1v) is 5.17. The molecule has 1 aliphatic rings. The van der Waals surface area contributed by atoms with Gasteiger partial charge in [-0.05, 0) is 12.8 Å². The molecule has 0 aliphatic heterocycles. The van der Waals surface area contributed by atoms with Crippen LogP contribution < -0.4 is 0 Å². The third-order valence-electron chi connectivity index (χ3n) is 3.03. The maximum atomic E-state index is 12.0. The zero-order valence-corrected chi connectivity index (χ0v) is 9.13. The summed E-state index contributed by atoms with van der Waals surface area (Å²) in [6.07, 6.45) is 3.23. The third kappa shape index (κ3) is 1.68. The average molecular weight is 198 g/mol. The molecule has 0 aromatic heterocycles. The van der Waals surface area contributed by atoms with Crippen LogP contribution in [0.2, 0.25) is 0 Å². The lowest BCUT2D eigenvalue weighted by Crippen LogP contribution is -2.40. The van der Waals surface area contributed by atoms with E-state index in [4.69, 9.17) is 4.74 Å². The van der Waals surface area contributed by atoms with Crippen molar-refractivity contribution in [2.24, 2.45) is 11.3 Å². The van der Waals surface area contributed by atoms with Gasteiger partial charge in [0.2, 0.25) is 0 Å². The Hall–Kier alpha value is -0.860. The van der Waals surface area contributed by atoms with Gasteiger partial charge in [-0.25, -0.2) is 0 Å². The fourth-order valence-corrected chi connectivity index (χ4v) is 2.28. The van der Waals surface area contributed by atoms with E-state index in [1.807, 2.05) is 13.8 Å². The predicted molar refractivity (Wildman–Crippen MR) is 52.8 cm³/mol. The summed E-state index contributed by atoms with van der Waals surface area (Å²) in [5, 5.41) is 0. The number of carbonyl (C=O) groups excluding carboxylic acids is 2. The van der Waals surface area contributed by atoms with Crippen LogP contribution in [0.3, 0.4) is 0 Å². The zero-order chi connectivity index (χ0) is 10.8. The van der Waals surface area contributed by atoms with E-state index >= 15 is 0 Å². The summed E-state index contributed by atoms with van der Waals surface area (Å²) in [5.74, 6) is -0.386. The van der Waals surface area contributed by atoms with E-state index < -0.39 is 5.41 Å². The highest BCUT2D eigenvalue weighted by Gasteiger charge is 2.49. The Morgan fingerprint density at radius 3 is 2.07 bits per heavy atom. The van der Waals surface area contributed by atoms with Crippen LogP contribution in [0.25, 0.3) is 0 Å². The van der Waals surface area contributed by atoms with Crippen LogP contribution >= 0.6 is 0 Å². The first-order valence-electron chi connectivity index (χ1n) is 5.17. The van der Waals surface area contributed by atoms with Crippen molar-refractivity contribution in [1.82, 2.24) is 0 Å². The first-order chi connectivity index (χ1) is 6.54. The molecule has 0 aromatic rings. The smallest absolute Gasteiger partial charge is 0.319 e. The van der Waals surface area contributed by atoms with Crippen molar-refractivity contribution >= 4 is 11.8 Å². The van der Waals surface area contributed by atoms with Crippen molar-refractivity contribution in [2.75, 3.05) is 7.11 Å². The van der Waals surface area contributed by atoms with E-state index in [2.05, 4.69) is 0 Å². The molecule has 0 unspecified atom stereocenters. The largest absolute Gasteiger partial charge is 0.468 e. The third-order valence-corrected chi connectivity index (χ3v) is 3.03. The van der Waals surface area contributed by atoms with Crippen molar-refractivity contribution in [3.8, 4) is 0 Å². The maximum Gasteiger partial charge on any atom is 0.319 e. The lowest BCUT2D eigenvalue weighted by molar-refractivity contribution is -0.158. The van der Waals surface area contributed by atoms with Crippen LogP contribution in [0.1, 0.15) is 39.5 Å². The molecule has 0 saturated heterocycles. The number of carbonyl (C=O) groups is 2. The highest BCUT2D eigenvalue weighted by atomic mass is 16.5. The first kappa shape index (κ1) is 11.2. The second-order valence-corrected chi connectivity index (χ2v) is 4.30. The Labute approximate surface area is 84.8 Å². The zero-order valence-electron chi connectivity index (χ0n) is 9.13. The van der Waals surface area contributed by atoms with Gasteiger partial charge in [0.25, 0.3) is 0 Å². The minimum Gasteiger partial charge on any atom is -0.468 e. The van der Waals surface area contributed by atoms with Gasteiger partial charge < -0.3 is 4.74 Å². The number of Topliss-reactive ketones (excluding diaryl/α,β-unsaturated/α-hetero) is 1. The molecule has 3 heteroatoms. The normalized spacial score (nSPS) is 19.7. The minimum atomic E-state index is -0.817. The van der Waals surface area contributed by atoms with Gasteiger partial charge in [0.15, 0.2) is 5.78 Å². The molecule has 0 aromatic carbocycles. The van der Waals surface area contributed by atoms with E-state index in [-0.39, 0.29) is 17.7 Å². The van der Waals surface area contributed by atoms with Crippen molar-refractivity contribution < 1.29 is 14.3 Å².